The molecule has 2 rings (SSSR count). The molecule has 150 valence electrons. The second-order valence-corrected chi connectivity index (χ2v) is 8.89. The van der Waals surface area contributed by atoms with Gasteiger partial charge < -0.3 is 0 Å². The third kappa shape index (κ3) is 6.81. The van der Waals surface area contributed by atoms with Crippen molar-refractivity contribution in [1.29, 1.82) is 0 Å². The van der Waals surface area contributed by atoms with E-state index in [0.717, 1.165) is 33.8 Å². The molecule has 1 N–H and O–H groups in total. The van der Waals surface area contributed by atoms with Crippen LogP contribution in [0.2, 0.25) is 0 Å². The van der Waals surface area contributed by atoms with E-state index in [4.69, 9.17) is 0 Å². The normalized spacial score (nSPS) is 11.9. The molecule has 7 heteroatoms. The zero-order valence-electron chi connectivity index (χ0n) is 16.8. The zero-order valence-corrected chi connectivity index (χ0v) is 17.6. The number of amides is 1. The molecule has 1 amide bonds. The monoisotopic (exact) mass is 401 g/mol. The van der Waals surface area contributed by atoms with Crippen LogP contribution in [0.5, 0.6) is 0 Å². The second kappa shape index (κ2) is 9.50. The van der Waals surface area contributed by atoms with Crippen molar-refractivity contribution >= 4 is 27.3 Å². The van der Waals surface area contributed by atoms with Gasteiger partial charge in [0.05, 0.1) is 11.9 Å². The summed E-state index contributed by atoms with van der Waals surface area (Å²) >= 11 is 0. The molecule has 0 fully saturated rings. The van der Waals surface area contributed by atoms with Gasteiger partial charge in [-0.15, -0.1) is 0 Å². The average molecular weight is 402 g/mol. The number of nitrogens with zero attached hydrogens (tertiary/aromatic N) is 2. The Morgan fingerprint density at radius 1 is 1.07 bits per heavy atom. The first-order valence-corrected chi connectivity index (χ1v) is 10.9. The fraction of sp³-hybridized carbons (Fsp3) is 0.333. The van der Waals surface area contributed by atoms with E-state index in [2.05, 4.69) is 10.5 Å². The maximum absolute atomic E-state index is 12.3. The van der Waals surface area contributed by atoms with E-state index in [-0.39, 0.29) is 6.54 Å². The summed E-state index contributed by atoms with van der Waals surface area (Å²) in [4.78, 5) is 12.3. The van der Waals surface area contributed by atoms with Gasteiger partial charge >= 0.3 is 0 Å². The lowest BCUT2D eigenvalue weighted by molar-refractivity contribution is -0.119. The van der Waals surface area contributed by atoms with Crippen molar-refractivity contribution in [2.45, 2.75) is 33.6 Å². The molecule has 0 aliphatic rings. The summed E-state index contributed by atoms with van der Waals surface area (Å²) in [6.07, 6.45) is 2.62. The van der Waals surface area contributed by atoms with E-state index in [9.17, 15) is 13.2 Å². The molecule has 2 aromatic rings. The lowest BCUT2D eigenvalue weighted by Gasteiger charge is -2.22. The number of benzene rings is 2. The number of carbonyl (C=O) groups is 1. The number of hydrogen-bond donors (Lipinski definition) is 1. The highest BCUT2D eigenvalue weighted by Gasteiger charge is 2.21. The highest BCUT2D eigenvalue weighted by Crippen LogP contribution is 2.21. The Bertz CT molecular complexity index is 934. The minimum Gasteiger partial charge on any atom is -0.271 e. The largest absolute Gasteiger partial charge is 0.271 e. The van der Waals surface area contributed by atoms with Gasteiger partial charge in [-0.25, -0.2) is 13.8 Å². The molecule has 0 heterocycles. The molecule has 6 nitrogen and oxygen atoms in total. The van der Waals surface area contributed by atoms with Gasteiger partial charge in [0.2, 0.25) is 10.0 Å². The van der Waals surface area contributed by atoms with E-state index in [1.807, 2.05) is 57.2 Å². The van der Waals surface area contributed by atoms with Crippen molar-refractivity contribution < 1.29 is 13.2 Å². The first kappa shape index (κ1) is 21.6. The van der Waals surface area contributed by atoms with Gasteiger partial charge in [0.1, 0.15) is 6.54 Å². The third-order valence-electron chi connectivity index (χ3n) is 4.17. The Morgan fingerprint density at radius 2 is 1.68 bits per heavy atom. The van der Waals surface area contributed by atoms with Gasteiger partial charge in [-0.2, -0.15) is 5.10 Å². The molecule has 0 aliphatic heterocycles. The molecular formula is C21H27N3O3S. The number of carbonyl (C=O) groups excluding carboxylic acids is 1. The second-order valence-electron chi connectivity index (χ2n) is 6.98. The van der Waals surface area contributed by atoms with Gasteiger partial charge in [0.15, 0.2) is 0 Å². The molecule has 0 saturated carbocycles. The van der Waals surface area contributed by atoms with Crippen LogP contribution in [0, 0.1) is 13.8 Å². The Morgan fingerprint density at radius 3 is 2.25 bits per heavy atom. The minimum atomic E-state index is -3.61. The lowest BCUT2D eigenvalue weighted by Crippen LogP contribution is -2.39. The van der Waals surface area contributed by atoms with Crippen molar-refractivity contribution in [2.75, 3.05) is 17.1 Å². The van der Waals surface area contributed by atoms with Crippen molar-refractivity contribution in [3.63, 3.8) is 0 Å². The Kier molecular flexibility index (Phi) is 7.34. The number of rotatable bonds is 8. The van der Waals surface area contributed by atoms with Crippen LogP contribution in [0.3, 0.4) is 0 Å². The van der Waals surface area contributed by atoms with E-state index in [0.29, 0.717) is 12.1 Å². The fourth-order valence-electron chi connectivity index (χ4n) is 2.84. The molecule has 0 unspecified atom stereocenters. The van der Waals surface area contributed by atoms with E-state index in [1.54, 1.807) is 12.1 Å². The average Bonchev–Trinajstić information content (AvgIpc) is 2.61. The molecule has 0 radical (unpaired) electrons. The van der Waals surface area contributed by atoms with Crippen LogP contribution < -0.4 is 9.73 Å². The van der Waals surface area contributed by atoms with E-state index < -0.39 is 15.9 Å². The standard InChI is InChI=1S/C21H27N3O3S/c1-16-12-17(2)14-20(13-16)24(28(4,26)27)15-21(25)23-22-18(3)10-11-19-8-6-5-7-9-19/h5-9,12-14H,10-11,15H2,1-4H3,(H,23,25)/b22-18-. The highest BCUT2D eigenvalue weighted by molar-refractivity contribution is 7.92. The Labute approximate surface area is 167 Å². The van der Waals surface area contributed by atoms with Crippen molar-refractivity contribution in [3.05, 3.63) is 65.2 Å². The topological polar surface area (TPSA) is 78.8 Å². The molecule has 0 bridgehead atoms. The summed E-state index contributed by atoms with van der Waals surface area (Å²) in [5.41, 5.74) is 6.76. The smallest absolute Gasteiger partial charge is 0.260 e. The van der Waals surface area contributed by atoms with Gasteiger partial charge in [0.25, 0.3) is 5.91 Å². The third-order valence-corrected chi connectivity index (χ3v) is 5.31. The maximum Gasteiger partial charge on any atom is 0.260 e. The van der Waals surface area contributed by atoms with E-state index in [1.165, 1.54) is 5.56 Å². The fourth-order valence-corrected chi connectivity index (χ4v) is 3.68. The summed E-state index contributed by atoms with van der Waals surface area (Å²) in [6.45, 7) is 5.29. The summed E-state index contributed by atoms with van der Waals surface area (Å²) < 4.78 is 25.5. The molecule has 0 spiro atoms. The van der Waals surface area contributed by atoms with E-state index >= 15 is 0 Å². The number of hydrazone groups is 1. The van der Waals surface area contributed by atoms with Crippen LogP contribution in [0.4, 0.5) is 5.69 Å². The lowest BCUT2D eigenvalue weighted by atomic mass is 10.1. The van der Waals surface area contributed by atoms with Crippen LogP contribution in [0.15, 0.2) is 53.6 Å². The molecular weight excluding hydrogens is 374 g/mol. The summed E-state index contributed by atoms with van der Waals surface area (Å²) in [5, 5.41) is 4.10. The quantitative estimate of drug-likeness (QED) is 0.545. The molecule has 0 aromatic heterocycles. The van der Waals surface area contributed by atoms with Crippen molar-refractivity contribution in [2.24, 2.45) is 5.10 Å². The van der Waals surface area contributed by atoms with Crippen molar-refractivity contribution in [3.8, 4) is 0 Å². The first-order valence-electron chi connectivity index (χ1n) is 9.07. The molecule has 0 saturated heterocycles. The Hall–Kier alpha value is -2.67. The molecule has 2 aromatic carbocycles. The van der Waals surface area contributed by atoms with Gasteiger partial charge in [0, 0.05) is 5.71 Å². The molecule has 0 aliphatic carbocycles. The molecule has 0 atom stereocenters. The number of nitrogens with one attached hydrogen (secondary N) is 1. The summed E-state index contributed by atoms with van der Waals surface area (Å²) in [6, 6.07) is 15.5. The summed E-state index contributed by atoms with van der Waals surface area (Å²) in [7, 11) is -3.61. The van der Waals surface area contributed by atoms with Crippen LogP contribution in [-0.2, 0) is 21.2 Å². The maximum atomic E-state index is 12.3. The minimum absolute atomic E-state index is 0.322. The van der Waals surface area contributed by atoms with Crippen LogP contribution >= 0.6 is 0 Å². The predicted molar refractivity (Wildman–Crippen MR) is 114 cm³/mol. The SMILES string of the molecule is C/C(CCc1ccccc1)=N/NC(=O)CN(c1cc(C)cc(C)c1)S(C)(=O)=O. The first-order chi connectivity index (χ1) is 13.1. The van der Waals surface area contributed by atoms with Crippen LogP contribution in [-0.4, -0.2) is 32.8 Å². The molecule has 28 heavy (non-hydrogen) atoms. The predicted octanol–water partition coefficient (Wildman–Crippen LogP) is 3.19. The van der Waals surface area contributed by atoms with Gasteiger partial charge in [-0.3, -0.25) is 9.10 Å². The van der Waals surface area contributed by atoms with Gasteiger partial charge in [-0.05, 0) is 62.4 Å². The zero-order chi connectivity index (χ0) is 20.7. The number of hydrogen-bond acceptors (Lipinski definition) is 4. The Balaban J connectivity index is 2.01. The highest BCUT2D eigenvalue weighted by atomic mass is 32.2. The number of anilines is 1. The van der Waals surface area contributed by atoms with Crippen molar-refractivity contribution in [1.82, 2.24) is 5.43 Å². The number of sulfonamides is 1. The summed E-state index contributed by atoms with van der Waals surface area (Å²) in [5.74, 6) is -0.483. The van der Waals surface area contributed by atoms with Gasteiger partial charge in [-0.1, -0.05) is 36.4 Å². The van der Waals surface area contributed by atoms with Crippen LogP contribution in [0.25, 0.3) is 0 Å². The number of aryl methyl sites for hydroxylation is 3. The van der Waals surface area contributed by atoms with Crippen LogP contribution in [0.1, 0.15) is 30.0 Å².